The van der Waals surface area contributed by atoms with Crippen molar-refractivity contribution >= 4 is 5.91 Å². The van der Waals surface area contributed by atoms with Gasteiger partial charge in [-0.15, -0.1) is 0 Å². The smallest absolute Gasteiger partial charge is 0.416 e. The minimum Gasteiger partial charge on any atom is -0.484 e. The zero-order valence-corrected chi connectivity index (χ0v) is 17.4. The van der Waals surface area contributed by atoms with Crippen LogP contribution in [0.3, 0.4) is 0 Å². The van der Waals surface area contributed by atoms with Crippen LogP contribution in [0.4, 0.5) is 13.2 Å². The number of hydrogen-bond donors (Lipinski definition) is 1. The van der Waals surface area contributed by atoms with Gasteiger partial charge in [-0.3, -0.25) is 9.69 Å². The van der Waals surface area contributed by atoms with Crippen molar-refractivity contribution in [2.45, 2.75) is 19.1 Å². The van der Waals surface area contributed by atoms with Crippen molar-refractivity contribution < 1.29 is 22.7 Å². The second-order valence-electron chi connectivity index (χ2n) is 7.62. The van der Waals surface area contributed by atoms with Crippen molar-refractivity contribution in [2.75, 3.05) is 45.9 Å². The van der Waals surface area contributed by atoms with Gasteiger partial charge in [-0.05, 0) is 36.7 Å². The van der Waals surface area contributed by atoms with Crippen LogP contribution in [0.2, 0.25) is 0 Å². The Hall–Kier alpha value is -2.58. The van der Waals surface area contributed by atoms with E-state index in [1.54, 1.807) is 0 Å². The van der Waals surface area contributed by atoms with E-state index in [1.165, 1.54) is 17.7 Å². The normalized spacial score (nSPS) is 15.6. The average molecular weight is 435 g/mol. The van der Waals surface area contributed by atoms with E-state index in [0.29, 0.717) is 6.54 Å². The Balaban J connectivity index is 1.27. The number of nitrogens with zero attached hydrogens (tertiary/aromatic N) is 2. The van der Waals surface area contributed by atoms with Crippen molar-refractivity contribution in [1.82, 2.24) is 15.1 Å². The zero-order valence-electron chi connectivity index (χ0n) is 17.4. The van der Waals surface area contributed by atoms with Crippen LogP contribution in [0.5, 0.6) is 5.75 Å². The highest BCUT2D eigenvalue weighted by Crippen LogP contribution is 2.31. The van der Waals surface area contributed by atoms with Gasteiger partial charge >= 0.3 is 6.18 Å². The van der Waals surface area contributed by atoms with Gasteiger partial charge in [0.2, 0.25) is 0 Å². The molecule has 1 saturated heterocycles. The molecule has 0 bridgehead atoms. The Morgan fingerprint density at radius 2 is 1.68 bits per heavy atom. The zero-order chi connectivity index (χ0) is 22.1. The van der Waals surface area contributed by atoms with E-state index in [9.17, 15) is 18.0 Å². The fourth-order valence-electron chi connectivity index (χ4n) is 3.51. The molecule has 0 atom stereocenters. The van der Waals surface area contributed by atoms with Gasteiger partial charge in [0.25, 0.3) is 5.91 Å². The summed E-state index contributed by atoms with van der Waals surface area (Å²) in [6.45, 7) is 6.11. The Kier molecular flexibility index (Phi) is 8.31. The molecule has 0 aliphatic carbocycles. The number of carbonyl (C=O) groups is 1. The lowest BCUT2D eigenvalue weighted by atomic mass is 10.2. The molecule has 0 unspecified atom stereocenters. The van der Waals surface area contributed by atoms with E-state index in [-0.39, 0.29) is 18.3 Å². The third-order valence-electron chi connectivity index (χ3n) is 5.22. The molecule has 8 heteroatoms. The van der Waals surface area contributed by atoms with Crippen LogP contribution < -0.4 is 10.1 Å². The van der Waals surface area contributed by atoms with E-state index < -0.39 is 11.7 Å². The summed E-state index contributed by atoms with van der Waals surface area (Å²) in [5.74, 6) is -0.316. The lowest BCUT2D eigenvalue weighted by Crippen LogP contribution is -2.46. The molecule has 168 valence electrons. The molecule has 1 amide bonds. The summed E-state index contributed by atoms with van der Waals surface area (Å²) in [5, 5.41) is 2.76. The van der Waals surface area contributed by atoms with Crippen LogP contribution in [-0.4, -0.2) is 61.6 Å². The van der Waals surface area contributed by atoms with Gasteiger partial charge in [0.05, 0.1) is 5.56 Å². The standard InChI is InChI=1S/C23H28F3N3O2/c24-23(25,26)20-8-4-9-21(16-20)31-18-22(30)27-10-5-11-28-12-14-29(15-13-28)17-19-6-2-1-3-7-19/h1-4,6-9,16H,5,10-15,17-18H2,(H,27,30). The maximum atomic E-state index is 12.7. The molecule has 2 aromatic rings. The van der Waals surface area contributed by atoms with Crippen molar-refractivity contribution in [3.8, 4) is 5.75 Å². The molecule has 31 heavy (non-hydrogen) atoms. The van der Waals surface area contributed by atoms with Crippen LogP contribution in [0, 0.1) is 0 Å². The highest BCUT2D eigenvalue weighted by atomic mass is 19.4. The van der Waals surface area contributed by atoms with Gasteiger partial charge in [-0.1, -0.05) is 36.4 Å². The first-order chi connectivity index (χ1) is 14.9. The van der Waals surface area contributed by atoms with Gasteiger partial charge in [0.15, 0.2) is 6.61 Å². The number of hydrogen-bond acceptors (Lipinski definition) is 4. The van der Waals surface area contributed by atoms with Crippen molar-refractivity contribution in [2.24, 2.45) is 0 Å². The first kappa shape index (κ1) is 23.1. The Morgan fingerprint density at radius 3 is 2.39 bits per heavy atom. The first-order valence-corrected chi connectivity index (χ1v) is 10.5. The predicted molar refractivity (Wildman–Crippen MR) is 113 cm³/mol. The van der Waals surface area contributed by atoms with Gasteiger partial charge in [-0.25, -0.2) is 0 Å². The molecule has 3 rings (SSSR count). The van der Waals surface area contributed by atoms with E-state index in [2.05, 4.69) is 39.4 Å². The van der Waals surface area contributed by atoms with Gasteiger partial charge in [0.1, 0.15) is 5.75 Å². The predicted octanol–water partition coefficient (Wildman–Crippen LogP) is 3.41. The van der Waals surface area contributed by atoms with E-state index >= 15 is 0 Å². The number of amides is 1. The molecule has 0 radical (unpaired) electrons. The largest absolute Gasteiger partial charge is 0.484 e. The number of rotatable bonds is 9. The van der Waals surface area contributed by atoms with Gasteiger partial charge in [-0.2, -0.15) is 13.2 Å². The molecule has 5 nitrogen and oxygen atoms in total. The lowest BCUT2D eigenvalue weighted by Gasteiger charge is -2.34. The summed E-state index contributed by atoms with van der Waals surface area (Å²) < 4.78 is 43.3. The molecular formula is C23H28F3N3O2. The Labute approximate surface area is 180 Å². The van der Waals surface area contributed by atoms with E-state index in [1.807, 2.05) is 6.07 Å². The molecule has 1 N–H and O–H groups in total. The number of piperazine rings is 1. The number of halogens is 3. The highest BCUT2D eigenvalue weighted by molar-refractivity contribution is 5.77. The first-order valence-electron chi connectivity index (χ1n) is 10.5. The maximum absolute atomic E-state index is 12.7. The molecule has 0 spiro atoms. The molecular weight excluding hydrogens is 407 g/mol. The van der Waals surface area contributed by atoms with E-state index in [4.69, 9.17) is 4.74 Å². The van der Waals surface area contributed by atoms with Gasteiger partial charge in [0, 0.05) is 39.3 Å². The summed E-state index contributed by atoms with van der Waals surface area (Å²) in [6, 6.07) is 15.0. The monoisotopic (exact) mass is 435 g/mol. The SMILES string of the molecule is O=C(COc1cccc(C(F)(F)F)c1)NCCCN1CCN(Cc2ccccc2)CC1. The Morgan fingerprint density at radius 1 is 0.968 bits per heavy atom. The quantitative estimate of drug-likeness (QED) is 0.614. The highest BCUT2D eigenvalue weighted by Gasteiger charge is 2.30. The van der Waals surface area contributed by atoms with Crippen LogP contribution in [-0.2, 0) is 17.5 Å². The second-order valence-corrected chi connectivity index (χ2v) is 7.62. The minimum atomic E-state index is -4.44. The number of ether oxygens (including phenoxy) is 1. The summed E-state index contributed by atoms with van der Waals surface area (Å²) in [6.07, 6.45) is -3.62. The molecule has 1 fully saturated rings. The van der Waals surface area contributed by atoms with Crippen molar-refractivity contribution in [3.63, 3.8) is 0 Å². The Bertz CT molecular complexity index is 822. The number of nitrogens with one attached hydrogen (secondary N) is 1. The summed E-state index contributed by atoms with van der Waals surface area (Å²) in [5.41, 5.74) is 0.528. The average Bonchev–Trinajstić information content (AvgIpc) is 2.77. The molecule has 1 aliphatic heterocycles. The van der Waals surface area contributed by atoms with Crippen LogP contribution in [0.15, 0.2) is 54.6 Å². The number of benzene rings is 2. The third kappa shape index (κ3) is 7.88. The fourth-order valence-corrected chi connectivity index (χ4v) is 3.51. The molecule has 0 saturated carbocycles. The number of carbonyl (C=O) groups excluding carboxylic acids is 1. The topological polar surface area (TPSA) is 44.8 Å². The molecule has 2 aromatic carbocycles. The summed E-state index contributed by atoms with van der Waals surface area (Å²) >= 11 is 0. The van der Waals surface area contributed by atoms with Crippen molar-refractivity contribution in [1.29, 1.82) is 0 Å². The van der Waals surface area contributed by atoms with Crippen LogP contribution in [0.1, 0.15) is 17.5 Å². The summed E-state index contributed by atoms with van der Waals surface area (Å²) in [4.78, 5) is 16.7. The van der Waals surface area contributed by atoms with Crippen LogP contribution >= 0.6 is 0 Å². The van der Waals surface area contributed by atoms with E-state index in [0.717, 1.165) is 57.8 Å². The number of alkyl halides is 3. The van der Waals surface area contributed by atoms with Crippen molar-refractivity contribution in [3.05, 3.63) is 65.7 Å². The van der Waals surface area contributed by atoms with Gasteiger partial charge < -0.3 is 15.0 Å². The molecule has 0 aromatic heterocycles. The summed E-state index contributed by atoms with van der Waals surface area (Å²) in [7, 11) is 0. The van der Waals surface area contributed by atoms with Crippen LogP contribution in [0.25, 0.3) is 0 Å². The minimum absolute atomic E-state index is 0.0262. The fraction of sp³-hybridized carbons (Fsp3) is 0.435. The molecule has 1 aliphatic rings. The second kappa shape index (κ2) is 11.2. The third-order valence-corrected chi connectivity index (χ3v) is 5.22. The lowest BCUT2D eigenvalue weighted by molar-refractivity contribution is -0.137. The maximum Gasteiger partial charge on any atom is 0.416 e. The molecule has 1 heterocycles.